The highest BCUT2D eigenvalue weighted by atomic mass is 16.5. The minimum absolute atomic E-state index is 0.000766. The highest BCUT2D eigenvalue weighted by Gasteiger charge is 2.20. The lowest BCUT2D eigenvalue weighted by molar-refractivity contribution is -0.143. The highest BCUT2D eigenvalue weighted by molar-refractivity contribution is 5.76. The summed E-state index contributed by atoms with van der Waals surface area (Å²) in [6, 6.07) is -0.551. The average Bonchev–Trinajstić information content (AvgIpc) is 3.35. The molecule has 0 aliphatic carbocycles. The number of carbonyl (C=O) groups excluding carboxylic acids is 2. The molecule has 0 radical (unpaired) electrons. The van der Waals surface area contributed by atoms with E-state index in [1.165, 1.54) is 283 Å². The molecule has 412 valence electrons. The number of amides is 1. The largest absolute Gasteiger partial charge is 0.466 e. The predicted molar refractivity (Wildman–Crippen MR) is 301 cm³/mol. The van der Waals surface area contributed by atoms with Crippen molar-refractivity contribution < 1.29 is 24.5 Å². The summed E-state index contributed by atoms with van der Waals surface area (Å²) in [4.78, 5) is 24.6. The van der Waals surface area contributed by atoms with E-state index in [9.17, 15) is 19.8 Å². The SMILES string of the molecule is CCCCCCCCCCCCCCCCCCCCCCCCCCC(O)C(CO)NC(=O)CCCCCCCCCCCCCCCOC(=O)CCCCCCCCCCCCCCCCC. The Balaban J connectivity index is 3.42. The maximum atomic E-state index is 12.5. The van der Waals surface area contributed by atoms with Gasteiger partial charge >= 0.3 is 5.97 Å². The lowest BCUT2D eigenvalue weighted by atomic mass is 10.0. The lowest BCUT2D eigenvalue weighted by Gasteiger charge is -2.22. The molecular formula is C63H125NO5. The quantitative estimate of drug-likeness (QED) is 0.0417. The number of unbranched alkanes of at least 4 members (excludes halogenated alkanes) is 49. The summed E-state index contributed by atoms with van der Waals surface area (Å²) >= 11 is 0. The van der Waals surface area contributed by atoms with E-state index in [-0.39, 0.29) is 18.5 Å². The van der Waals surface area contributed by atoms with E-state index < -0.39 is 12.1 Å². The normalized spacial score (nSPS) is 12.5. The molecule has 2 unspecified atom stereocenters. The van der Waals surface area contributed by atoms with Crippen molar-refractivity contribution in [3.8, 4) is 0 Å². The molecule has 0 bridgehead atoms. The van der Waals surface area contributed by atoms with Crippen LogP contribution in [0.4, 0.5) is 0 Å². The molecule has 0 aromatic rings. The van der Waals surface area contributed by atoms with Crippen LogP contribution in [0.1, 0.15) is 367 Å². The molecule has 69 heavy (non-hydrogen) atoms. The zero-order valence-corrected chi connectivity index (χ0v) is 47.1. The van der Waals surface area contributed by atoms with E-state index in [2.05, 4.69) is 19.2 Å². The van der Waals surface area contributed by atoms with Crippen molar-refractivity contribution in [3.63, 3.8) is 0 Å². The Morgan fingerprint density at radius 1 is 0.348 bits per heavy atom. The van der Waals surface area contributed by atoms with Crippen LogP contribution >= 0.6 is 0 Å². The summed E-state index contributed by atoms with van der Waals surface area (Å²) in [5, 5.41) is 23.4. The van der Waals surface area contributed by atoms with Crippen molar-refractivity contribution in [2.24, 2.45) is 0 Å². The summed E-state index contributed by atoms with van der Waals surface area (Å²) in [6.45, 7) is 4.97. The molecule has 0 spiro atoms. The van der Waals surface area contributed by atoms with E-state index in [1.54, 1.807) is 0 Å². The molecule has 0 fully saturated rings. The number of hydrogen-bond donors (Lipinski definition) is 3. The number of hydrogen-bond acceptors (Lipinski definition) is 5. The third-order valence-corrected chi connectivity index (χ3v) is 15.2. The number of esters is 1. The summed E-state index contributed by atoms with van der Waals surface area (Å²) in [7, 11) is 0. The second-order valence-corrected chi connectivity index (χ2v) is 22.1. The van der Waals surface area contributed by atoms with Gasteiger partial charge in [-0.3, -0.25) is 9.59 Å². The van der Waals surface area contributed by atoms with Gasteiger partial charge in [-0.1, -0.05) is 328 Å². The average molecular weight is 977 g/mol. The first-order valence-electron chi connectivity index (χ1n) is 31.8. The zero-order valence-electron chi connectivity index (χ0n) is 47.1. The Labute approximate surface area is 432 Å². The zero-order chi connectivity index (χ0) is 50.0. The number of carbonyl (C=O) groups is 2. The van der Waals surface area contributed by atoms with E-state index >= 15 is 0 Å². The Hall–Kier alpha value is -1.14. The fourth-order valence-electron chi connectivity index (χ4n) is 10.3. The van der Waals surface area contributed by atoms with Crippen LogP contribution in [-0.4, -0.2) is 47.4 Å². The molecule has 0 saturated heterocycles. The molecule has 6 nitrogen and oxygen atoms in total. The number of rotatable bonds is 60. The van der Waals surface area contributed by atoms with Gasteiger partial charge in [0.1, 0.15) is 0 Å². The molecule has 0 aromatic heterocycles. The number of ether oxygens (including phenoxy) is 1. The van der Waals surface area contributed by atoms with Crippen LogP contribution in [-0.2, 0) is 14.3 Å². The maximum Gasteiger partial charge on any atom is 0.305 e. The Bertz CT molecular complexity index is 990. The molecule has 2 atom stereocenters. The van der Waals surface area contributed by atoms with Gasteiger partial charge in [0.2, 0.25) is 5.91 Å². The molecule has 0 saturated carbocycles. The van der Waals surface area contributed by atoms with Crippen LogP contribution < -0.4 is 5.32 Å². The van der Waals surface area contributed by atoms with E-state index in [0.717, 1.165) is 51.4 Å². The molecule has 0 aliphatic heterocycles. The maximum absolute atomic E-state index is 12.5. The number of aliphatic hydroxyl groups is 2. The molecule has 0 aliphatic rings. The van der Waals surface area contributed by atoms with Crippen LogP contribution in [0, 0.1) is 0 Å². The van der Waals surface area contributed by atoms with Crippen molar-refractivity contribution in [2.45, 2.75) is 379 Å². The van der Waals surface area contributed by atoms with E-state index in [1.807, 2.05) is 0 Å². The third-order valence-electron chi connectivity index (χ3n) is 15.2. The second-order valence-electron chi connectivity index (χ2n) is 22.1. The molecule has 3 N–H and O–H groups in total. The van der Waals surface area contributed by atoms with Crippen molar-refractivity contribution in [2.75, 3.05) is 13.2 Å². The van der Waals surface area contributed by atoms with Gasteiger partial charge in [0.25, 0.3) is 0 Å². The molecule has 6 heteroatoms. The van der Waals surface area contributed by atoms with Gasteiger partial charge in [-0.15, -0.1) is 0 Å². The fraction of sp³-hybridized carbons (Fsp3) is 0.968. The fourth-order valence-corrected chi connectivity index (χ4v) is 10.3. The first kappa shape index (κ1) is 67.9. The van der Waals surface area contributed by atoms with Crippen LogP contribution in [0.15, 0.2) is 0 Å². The molecule has 1 amide bonds. The Morgan fingerprint density at radius 2 is 0.594 bits per heavy atom. The molecule has 0 rings (SSSR count). The molecular weight excluding hydrogens is 851 g/mol. The van der Waals surface area contributed by atoms with Gasteiger partial charge in [-0.2, -0.15) is 0 Å². The minimum Gasteiger partial charge on any atom is -0.466 e. The smallest absolute Gasteiger partial charge is 0.305 e. The van der Waals surface area contributed by atoms with Crippen LogP contribution in [0.5, 0.6) is 0 Å². The van der Waals surface area contributed by atoms with Gasteiger partial charge in [0.15, 0.2) is 0 Å². The second kappa shape index (κ2) is 59.4. The topological polar surface area (TPSA) is 95.9 Å². The Morgan fingerprint density at radius 3 is 0.884 bits per heavy atom. The predicted octanol–water partition coefficient (Wildman–Crippen LogP) is 19.9. The standard InChI is InChI=1S/C63H125NO5/c1-3-5-7-9-11-13-15-17-19-20-21-22-23-24-25-26-27-29-31-35-39-43-47-51-55-61(66)60(59-65)64-62(67)56-52-48-44-40-36-32-30-34-38-42-46-50-54-58-69-63(68)57-53-49-45-41-37-33-28-18-16-14-12-10-8-6-4-2/h60-61,65-66H,3-59H2,1-2H3,(H,64,67). The summed E-state index contributed by atoms with van der Waals surface area (Å²) in [6.07, 6.45) is 69.7. The van der Waals surface area contributed by atoms with Gasteiger partial charge in [-0.25, -0.2) is 0 Å². The number of nitrogens with one attached hydrogen (secondary N) is 1. The van der Waals surface area contributed by atoms with Crippen molar-refractivity contribution in [1.29, 1.82) is 0 Å². The first-order valence-corrected chi connectivity index (χ1v) is 31.8. The van der Waals surface area contributed by atoms with Gasteiger partial charge < -0.3 is 20.3 Å². The van der Waals surface area contributed by atoms with Crippen molar-refractivity contribution >= 4 is 11.9 Å². The molecule has 0 heterocycles. The van der Waals surface area contributed by atoms with Crippen LogP contribution in [0.2, 0.25) is 0 Å². The van der Waals surface area contributed by atoms with Gasteiger partial charge in [0, 0.05) is 12.8 Å². The van der Waals surface area contributed by atoms with Crippen molar-refractivity contribution in [3.05, 3.63) is 0 Å². The minimum atomic E-state index is -0.673. The van der Waals surface area contributed by atoms with E-state index in [4.69, 9.17) is 4.74 Å². The third kappa shape index (κ3) is 56.0. The first-order chi connectivity index (χ1) is 34.0. The van der Waals surface area contributed by atoms with Gasteiger partial charge in [0.05, 0.1) is 25.4 Å². The summed E-state index contributed by atoms with van der Waals surface area (Å²) < 4.78 is 5.48. The highest BCUT2D eigenvalue weighted by Crippen LogP contribution is 2.19. The lowest BCUT2D eigenvalue weighted by Crippen LogP contribution is -2.45. The van der Waals surface area contributed by atoms with Crippen LogP contribution in [0.3, 0.4) is 0 Å². The molecule has 0 aromatic carbocycles. The summed E-state index contributed by atoms with van der Waals surface area (Å²) in [5.41, 5.74) is 0. The van der Waals surface area contributed by atoms with Crippen LogP contribution in [0.25, 0.3) is 0 Å². The van der Waals surface area contributed by atoms with Crippen molar-refractivity contribution in [1.82, 2.24) is 5.32 Å². The number of aliphatic hydroxyl groups excluding tert-OH is 2. The monoisotopic (exact) mass is 976 g/mol. The summed E-state index contributed by atoms with van der Waals surface area (Å²) in [5.74, 6) is -0.0431. The van der Waals surface area contributed by atoms with Gasteiger partial charge in [-0.05, 0) is 25.7 Å². The van der Waals surface area contributed by atoms with E-state index in [0.29, 0.717) is 25.9 Å². The Kier molecular flexibility index (Phi) is 58.4.